The molecule has 1 aliphatic rings. The van der Waals surface area contributed by atoms with E-state index in [1.807, 2.05) is 24.3 Å². The van der Waals surface area contributed by atoms with Crippen molar-refractivity contribution in [2.45, 2.75) is 25.5 Å². The molecule has 19 heavy (non-hydrogen) atoms. The summed E-state index contributed by atoms with van der Waals surface area (Å²) >= 11 is 0. The predicted octanol–water partition coefficient (Wildman–Crippen LogP) is 0.819. The number of ether oxygens (including phenoxy) is 2. The first-order valence-electron chi connectivity index (χ1n) is 6.58. The van der Waals surface area contributed by atoms with E-state index in [-0.39, 0.29) is 18.6 Å². The second-order valence-electron chi connectivity index (χ2n) is 4.54. The van der Waals surface area contributed by atoms with Crippen molar-refractivity contribution in [1.82, 2.24) is 5.32 Å². The van der Waals surface area contributed by atoms with E-state index in [1.54, 1.807) is 0 Å². The van der Waals surface area contributed by atoms with E-state index in [0.29, 0.717) is 18.8 Å². The fourth-order valence-electron chi connectivity index (χ4n) is 2.04. The number of nitrogens with one attached hydrogen (secondary N) is 1. The molecule has 2 rings (SSSR count). The third-order valence-electron chi connectivity index (χ3n) is 3.10. The molecule has 0 aliphatic carbocycles. The zero-order valence-corrected chi connectivity index (χ0v) is 10.9. The summed E-state index contributed by atoms with van der Waals surface area (Å²) in [6.45, 7) is 1.75. The van der Waals surface area contributed by atoms with Crippen molar-refractivity contribution in [3.8, 4) is 5.75 Å². The lowest BCUT2D eigenvalue weighted by Crippen LogP contribution is -2.35. The van der Waals surface area contributed by atoms with Crippen LogP contribution in [0.2, 0.25) is 0 Å². The van der Waals surface area contributed by atoms with Gasteiger partial charge in [0, 0.05) is 25.3 Å². The van der Waals surface area contributed by atoms with Gasteiger partial charge in [-0.05, 0) is 18.9 Å². The summed E-state index contributed by atoms with van der Waals surface area (Å²) in [7, 11) is 0. The zero-order valence-electron chi connectivity index (χ0n) is 10.9. The van der Waals surface area contributed by atoms with Gasteiger partial charge < -0.3 is 20.5 Å². The number of hydrogen-bond acceptors (Lipinski definition) is 4. The fourth-order valence-corrected chi connectivity index (χ4v) is 2.04. The van der Waals surface area contributed by atoms with Gasteiger partial charge in [0.15, 0.2) is 6.61 Å². The van der Waals surface area contributed by atoms with E-state index in [1.165, 1.54) is 0 Å². The van der Waals surface area contributed by atoms with E-state index in [2.05, 4.69) is 5.32 Å². The molecule has 1 saturated heterocycles. The summed E-state index contributed by atoms with van der Waals surface area (Å²) in [4.78, 5) is 11.6. The summed E-state index contributed by atoms with van der Waals surface area (Å²) in [6.07, 6.45) is 2.23. The normalized spacial score (nSPS) is 18.3. The zero-order chi connectivity index (χ0) is 13.5. The number of carbonyl (C=O) groups is 1. The molecule has 1 atom stereocenters. The highest BCUT2D eigenvalue weighted by Crippen LogP contribution is 2.16. The number of para-hydroxylation sites is 1. The first-order chi connectivity index (χ1) is 9.29. The Labute approximate surface area is 113 Å². The molecule has 0 saturated carbocycles. The second-order valence-corrected chi connectivity index (χ2v) is 4.54. The van der Waals surface area contributed by atoms with Crippen molar-refractivity contribution < 1.29 is 14.3 Å². The van der Waals surface area contributed by atoms with Crippen LogP contribution < -0.4 is 15.8 Å². The highest BCUT2D eigenvalue weighted by Gasteiger charge is 2.16. The molecule has 104 valence electrons. The molecular weight excluding hydrogens is 244 g/mol. The number of carbonyl (C=O) groups excluding carboxylic acids is 1. The highest BCUT2D eigenvalue weighted by atomic mass is 16.5. The van der Waals surface area contributed by atoms with Gasteiger partial charge in [0.2, 0.25) is 0 Å². The molecule has 1 aromatic rings. The van der Waals surface area contributed by atoms with E-state index in [9.17, 15) is 4.79 Å². The Kier molecular flexibility index (Phi) is 5.18. The lowest BCUT2D eigenvalue weighted by Gasteiger charge is -2.12. The third-order valence-corrected chi connectivity index (χ3v) is 3.10. The van der Waals surface area contributed by atoms with Crippen LogP contribution >= 0.6 is 0 Å². The Hall–Kier alpha value is -1.59. The molecule has 0 bridgehead atoms. The number of nitrogens with two attached hydrogens (primary N) is 1. The molecule has 1 heterocycles. The van der Waals surface area contributed by atoms with Gasteiger partial charge >= 0.3 is 0 Å². The van der Waals surface area contributed by atoms with Gasteiger partial charge in [-0.25, -0.2) is 0 Å². The van der Waals surface area contributed by atoms with Gasteiger partial charge in [0.05, 0.1) is 6.10 Å². The topological polar surface area (TPSA) is 73.6 Å². The van der Waals surface area contributed by atoms with Crippen molar-refractivity contribution in [2.24, 2.45) is 5.73 Å². The monoisotopic (exact) mass is 264 g/mol. The van der Waals surface area contributed by atoms with Crippen molar-refractivity contribution in [2.75, 3.05) is 19.8 Å². The lowest BCUT2D eigenvalue weighted by molar-refractivity contribution is -0.123. The second kappa shape index (κ2) is 7.11. The Morgan fingerprint density at radius 3 is 3.05 bits per heavy atom. The van der Waals surface area contributed by atoms with Gasteiger partial charge in [-0.2, -0.15) is 0 Å². The van der Waals surface area contributed by atoms with Crippen LogP contribution in [0.5, 0.6) is 5.75 Å². The SMILES string of the molecule is NCc1ccccc1OCC(=O)NC[C@H]1CCCO1. The Bertz CT molecular complexity index is 417. The first kappa shape index (κ1) is 13.8. The highest BCUT2D eigenvalue weighted by molar-refractivity contribution is 5.77. The van der Waals surface area contributed by atoms with Gasteiger partial charge in [0.1, 0.15) is 5.75 Å². The average molecular weight is 264 g/mol. The predicted molar refractivity (Wildman–Crippen MR) is 71.8 cm³/mol. The third kappa shape index (κ3) is 4.22. The molecule has 1 aromatic carbocycles. The molecule has 3 N–H and O–H groups in total. The van der Waals surface area contributed by atoms with Crippen LogP contribution in [0.1, 0.15) is 18.4 Å². The first-order valence-corrected chi connectivity index (χ1v) is 6.58. The van der Waals surface area contributed by atoms with Crippen molar-refractivity contribution in [3.63, 3.8) is 0 Å². The summed E-state index contributed by atoms with van der Waals surface area (Å²) in [6, 6.07) is 7.46. The Morgan fingerprint density at radius 1 is 1.47 bits per heavy atom. The molecule has 0 unspecified atom stereocenters. The largest absolute Gasteiger partial charge is 0.483 e. The van der Waals surface area contributed by atoms with Crippen LogP contribution in [-0.2, 0) is 16.1 Å². The standard InChI is InChI=1S/C14H20N2O3/c15-8-11-4-1-2-6-13(11)19-10-14(17)16-9-12-5-3-7-18-12/h1-2,4,6,12H,3,5,7-10,15H2,(H,16,17)/t12-/m1/s1. The fraction of sp³-hybridized carbons (Fsp3) is 0.500. The van der Waals surface area contributed by atoms with Crippen molar-refractivity contribution in [3.05, 3.63) is 29.8 Å². The smallest absolute Gasteiger partial charge is 0.258 e. The number of hydrogen-bond donors (Lipinski definition) is 2. The average Bonchev–Trinajstić information content (AvgIpc) is 2.96. The van der Waals surface area contributed by atoms with E-state index < -0.39 is 0 Å². The summed E-state index contributed by atoms with van der Waals surface area (Å²) in [5.41, 5.74) is 6.50. The van der Waals surface area contributed by atoms with Gasteiger partial charge in [-0.1, -0.05) is 18.2 Å². The Morgan fingerprint density at radius 2 is 2.32 bits per heavy atom. The molecule has 0 radical (unpaired) electrons. The van der Waals surface area contributed by atoms with Crippen LogP contribution in [0.4, 0.5) is 0 Å². The van der Waals surface area contributed by atoms with Crippen LogP contribution in [-0.4, -0.2) is 31.8 Å². The van der Waals surface area contributed by atoms with Gasteiger partial charge in [0.25, 0.3) is 5.91 Å². The molecule has 5 heteroatoms. The van der Waals surface area contributed by atoms with Crippen molar-refractivity contribution in [1.29, 1.82) is 0 Å². The van der Waals surface area contributed by atoms with Crippen LogP contribution in [0.15, 0.2) is 24.3 Å². The molecule has 1 aliphatic heterocycles. The minimum atomic E-state index is -0.137. The maximum Gasteiger partial charge on any atom is 0.258 e. The molecule has 5 nitrogen and oxygen atoms in total. The minimum Gasteiger partial charge on any atom is -0.483 e. The lowest BCUT2D eigenvalue weighted by atomic mass is 10.2. The summed E-state index contributed by atoms with van der Waals surface area (Å²) < 4.78 is 10.9. The van der Waals surface area contributed by atoms with E-state index in [4.69, 9.17) is 15.2 Å². The Balaban J connectivity index is 1.73. The van der Waals surface area contributed by atoms with Gasteiger partial charge in [-0.3, -0.25) is 4.79 Å². The summed E-state index contributed by atoms with van der Waals surface area (Å²) in [5, 5.41) is 2.81. The number of benzene rings is 1. The number of amides is 1. The summed E-state index contributed by atoms with van der Waals surface area (Å²) in [5.74, 6) is 0.527. The maximum atomic E-state index is 11.6. The van der Waals surface area contributed by atoms with Crippen molar-refractivity contribution >= 4 is 5.91 Å². The quantitative estimate of drug-likeness (QED) is 0.798. The van der Waals surface area contributed by atoms with E-state index >= 15 is 0 Å². The molecular formula is C14H20N2O3. The molecule has 0 spiro atoms. The minimum absolute atomic E-state index is 0.00370. The van der Waals surface area contributed by atoms with Crippen LogP contribution in [0, 0.1) is 0 Å². The molecule has 1 fully saturated rings. The van der Waals surface area contributed by atoms with E-state index in [0.717, 1.165) is 25.0 Å². The maximum absolute atomic E-state index is 11.6. The van der Waals surface area contributed by atoms with Gasteiger partial charge in [-0.15, -0.1) is 0 Å². The number of rotatable bonds is 6. The molecule has 1 amide bonds. The molecule has 0 aromatic heterocycles. The van der Waals surface area contributed by atoms with Crippen LogP contribution in [0.25, 0.3) is 0 Å². The van der Waals surface area contributed by atoms with Crippen LogP contribution in [0.3, 0.4) is 0 Å².